The first-order valence-electron chi connectivity index (χ1n) is 7.17. The third-order valence-electron chi connectivity index (χ3n) is 3.26. The molecule has 0 bridgehead atoms. The van der Waals surface area contributed by atoms with Gasteiger partial charge in [0.05, 0.1) is 6.10 Å². The van der Waals surface area contributed by atoms with E-state index in [0.717, 1.165) is 24.0 Å². The van der Waals surface area contributed by atoms with Gasteiger partial charge in [-0.2, -0.15) is 0 Å². The molecule has 0 radical (unpaired) electrons. The Morgan fingerprint density at radius 1 is 0.900 bits per heavy atom. The summed E-state index contributed by atoms with van der Waals surface area (Å²) in [4.78, 5) is 0. The number of rotatable bonds is 7. The van der Waals surface area contributed by atoms with Crippen LogP contribution >= 0.6 is 0 Å². The van der Waals surface area contributed by atoms with Crippen molar-refractivity contribution in [1.82, 2.24) is 0 Å². The van der Waals surface area contributed by atoms with Crippen LogP contribution in [0.3, 0.4) is 0 Å². The molecule has 0 saturated heterocycles. The lowest BCUT2D eigenvalue weighted by Gasteiger charge is -2.19. The summed E-state index contributed by atoms with van der Waals surface area (Å²) in [6, 6.07) is 20.5. The fraction of sp³-hybridized carbons (Fsp3) is 0.333. The molecule has 2 aromatic rings. The quantitative estimate of drug-likeness (QED) is 0.772. The average Bonchev–Trinajstić information content (AvgIpc) is 2.49. The van der Waals surface area contributed by atoms with Crippen molar-refractivity contribution in [2.75, 3.05) is 6.61 Å². The van der Waals surface area contributed by atoms with E-state index in [1.807, 2.05) is 43.3 Å². The van der Waals surface area contributed by atoms with Gasteiger partial charge in [-0.3, -0.25) is 0 Å². The molecule has 0 heterocycles. The van der Waals surface area contributed by atoms with E-state index in [-0.39, 0.29) is 12.2 Å². The molecule has 0 aliphatic heterocycles. The normalized spacial score (nSPS) is 12.6. The summed E-state index contributed by atoms with van der Waals surface area (Å²) < 4.78 is 6.05. The fourth-order valence-corrected chi connectivity index (χ4v) is 2.22. The second kappa shape index (κ2) is 7.83. The van der Waals surface area contributed by atoms with Gasteiger partial charge in [-0.1, -0.05) is 60.7 Å². The second-order valence-corrected chi connectivity index (χ2v) is 5.06. The number of aliphatic hydroxyl groups is 1. The summed E-state index contributed by atoms with van der Waals surface area (Å²) in [7, 11) is 0. The van der Waals surface area contributed by atoms with Crippen LogP contribution in [0.1, 0.15) is 37.0 Å². The minimum absolute atomic E-state index is 0.0357. The Hall–Kier alpha value is -1.64. The number of benzene rings is 2. The molecule has 2 rings (SSSR count). The van der Waals surface area contributed by atoms with Gasteiger partial charge in [0.2, 0.25) is 0 Å². The highest BCUT2D eigenvalue weighted by Crippen LogP contribution is 2.25. The molecule has 0 aliphatic rings. The summed E-state index contributed by atoms with van der Waals surface area (Å²) in [5, 5.41) is 9.30. The molecule has 0 spiro atoms. The van der Waals surface area contributed by atoms with E-state index in [9.17, 15) is 5.11 Å². The lowest BCUT2D eigenvalue weighted by molar-refractivity contribution is 0.0681. The van der Waals surface area contributed by atoms with E-state index in [4.69, 9.17) is 4.74 Å². The summed E-state index contributed by atoms with van der Waals surface area (Å²) in [6.45, 7) is 2.46. The fourth-order valence-electron chi connectivity index (χ4n) is 2.22. The molecule has 0 amide bonds. The lowest BCUT2D eigenvalue weighted by atomic mass is 10.0. The van der Waals surface area contributed by atoms with Gasteiger partial charge in [0, 0.05) is 6.61 Å². The largest absolute Gasteiger partial charge is 0.393 e. The van der Waals surface area contributed by atoms with E-state index in [0.29, 0.717) is 6.61 Å². The van der Waals surface area contributed by atoms with Crippen LogP contribution in [0.5, 0.6) is 0 Å². The average molecular weight is 270 g/mol. The van der Waals surface area contributed by atoms with Gasteiger partial charge in [0.15, 0.2) is 0 Å². The van der Waals surface area contributed by atoms with Crippen molar-refractivity contribution in [2.24, 2.45) is 0 Å². The summed E-state index contributed by atoms with van der Waals surface area (Å²) in [5.41, 5.74) is 2.33. The van der Waals surface area contributed by atoms with Crippen molar-refractivity contribution in [2.45, 2.75) is 32.0 Å². The third-order valence-corrected chi connectivity index (χ3v) is 3.26. The Labute approximate surface area is 121 Å². The summed E-state index contributed by atoms with van der Waals surface area (Å²) in [5.74, 6) is 0. The van der Waals surface area contributed by atoms with Gasteiger partial charge in [0.25, 0.3) is 0 Å². The van der Waals surface area contributed by atoms with E-state index < -0.39 is 0 Å². The Morgan fingerprint density at radius 2 is 1.40 bits per heavy atom. The van der Waals surface area contributed by atoms with Gasteiger partial charge < -0.3 is 9.84 Å². The zero-order chi connectivity index (χ0) is 14.2. The molecular formula is C18H22O2. The highest BCUT2D eigenvalue weighted by Gasteiger charge is 2.13. The molecule has 2 nitrogen and oxygen atoms in total. The number of aliphatic hydroxyl groups excluding tert-OH is 1. The maximum Gasteiger partial charge on any atom is 0.108 e. The monoisotopic (exact) mass is 270 g/mol. The van der Waals surface area contributed by atoms with Crippen molar-refractivity contribution in [3.63, 3.8) is 0 Å². The van der Waals surface area contributed by atoms with E-state index in [1.165, 1.54) is 0 Å². The first-order valence-corrected chi connectivity index (χ1v) is 7.17. The standard InChI is InChI=1S/C18H22O2/c1-15(19)9-8-14-20-18(16-10-4-2-5-11-16)17-12-6-3-7-13-17/h2-7,10-13,15,18-19H,8-9,14H2,1H3. The zero-order valence-electron chi connectivity index (χ0n) is 11.9. The van der Waals surface area contributed by atoms with Crippen LogP contribution in [0.25, 0.3) is 0 Å². The molecular weight excluding hydrogens is 248 g/mol. The van der Waals surface area contributed by atoms with Crippen molar-refractivity contribution in [3.05, 3.63) is 71.8 Å². The number of hydrogen-bond donors (Lipinski definition) is 1. The van der Waals surface area contributed by atoms with Gasteiger partial charge in [-0.05, 0) is 30.9 Å². The topological polar surface area (TPSA) is 29.5 Å². The predicted molar refractivity (Wildman–Crippen MR) is 81.6 cm³/mol. The zero-order valence-corrected chi connectivity index (χ0v) is 11.9. The van der Waals surface area contributed by atoms with Crippen LogP contribution in [-0.4, -0.2) is 17.8 Å². The molecule has 20 heavy (non-hydrogen) atoms. The summed E-state index contributed by atoms with van der Waals surface area (Å²) in [6.07, 6.45) is 1.35. The number of ether oxygens (including phenoxy) is 1. The van der Waals surface area contributed by atoms with Crippen LogP contribution in [0.4, 0.5) is 0 Å². The summed E-state index contributed by atoms with van der Waals surface area (Å²) >= 11 is 0. The first-order chi connectivity index (χ1) is 9.77. The van der Waals surface area contributed by atoms with Crippen molar-refractivity contribution in [3.8, 4) is 0 Å². The van der Waals surface area contributed by atoms with Gasteiger partial charge in [-0.25, -0.2) is 0 Å². The van der Waals surface area contributed by atoms with Crippen LogP contribution in [0.15, 0.2) is 60.7 Å². The first kappa shape index (κ1) is 14.8. The van der Waals surface area contributed by atoms with Crippen LogP contribution in [0.2, 0.25) is 0 Å². The van der Waals surface area contributed by atoms with Crippen LogP contribution < -0.4 is 0 Å². The van der Waals surface area contributed by atoms with E-state index in [1.54, 1.807) is 0 Å². The molecule has 0 saturated carbocycles. The highest BCUT2D eigenvalue weighted by molar-refractivity contribution is 5.29. The maximum atomic E-state index is 9.30. The molecule has 1 unspecified atom stereocenters. The lowest BCUT2D eigenvalue weighted by Crippen LogP contribution is -2.09. The third kappa shape index (κ3) is 4.48. The Morgan fingerprint density at radius 3 is 1.85 bits per heavy atom. The smallest absolute Gasteiger partial charge is 0.108 e. The van der Waals surface area contributed by atoms with Crippen molar-refractivity contribution in [1.29, 1.82) is 0 Å². The minimum atomic E-state index is -0.259. The Bertz CT molecular complexity index is 440. The predicted octanol–water partition coefficient (Wildman–Crippen LogP) is 3.95. The van der Waals surface area contributed by atoms with Crippen LogP contribution in [0, 0.1) is 0 Å². The van der Waals surface area contributed by atoms with Gasteiger partial charge in [-0.15, -0.1) is 0 Å². The van der Waals surface area contributed by atoms with Crippen LogP contribution in [-0.2, 0) is 4.74 Å². The van der Waals surface area contributed by atoms with Gasteiger partial charge >= 0.3 is 0 Å². The SMILES string of the molecule is CC(O)CCCOC(c1ccccc1)c1ccccc1. The molecule has 106 valence electrons. The second-order valence-electron chi connectivity index (χ2n) is 5.06. The van der Waals surface area contributed by atoms with E-state index in [2.05, 4.69) is 24.3 Å². The maximum absolute atomic E-state index is 9.30. The molecule has 2 heteroatoms. The molecule has 0 fully saturated rings. The molecule has 0 aromatic heterocycles. The molecule has 1 N–H and O–H groups in total. The van der Waals surface area contributed by atoms with Gasteiger partial charge in [0.1, 0.15) is 6.10 Å². The molecule has 1 atom stereocenters. The Kier molecular flexibility index (Phi) is 5.78. The molecule has 2 aromatic carbocycles. The minimum Gasteiger partial charge on any atom is -0.393 e. The molecule has 0 aliphatic carbocycles. The number of hydrogen-bond acceptors (Lipinski definition) is 2. The highest BCUT2D eigenvalue weighted by atomic mass is 16.5. The Balaban J connectivity index is 2.06. The van der Waals surface area contributed by atoms with Crippen molar-refractivity contribution < 1.29 is 9.84 Å². The van der Waals surface area contributed by atoms with Crippen molar-refractivity contribution >= 4 is 0 Å². The van der Waals surface area contributed by atoms with E-state index >= 15 is 0 Å².